The zero-order valence-corrected chi connectivity index (χ0v) is 7.25. The Morgan fingerprint density at radius 2 is 2.08 bits per heavy atom. The summed E-state index contributed by atoms with van der Waals surface area (Å²) in [6.07, 6.45) is 3.35. The largest absolute Gasteiger partial charge is 0.505 e. The van der Waals surface area contributed by atoms with Crippen LogP contribution in [0.3, 0.4) is 0 Å². The lowest BCUT2D eigenvalue weighted by atomic mass is 10.4. The Labute approximate surface area is 76.3 Å². The summed E-state index contributed by atoms with van der Waals surface area (Å²) >= 11 is 4.00. The van der Waals surface area contributed by atoms with Crippen molar-refractivity contribution in [1.29, 1.82) is 0 Å². The molecule has 4 heteroatoms. The zero-order valence-electron chi connectivity index (χ0n) is 6.36. The number of aromatic hydroxyl groups is 1. The molecule has 0 unspecified atom stereocenters. The monoisotopic (exact) mass is 180 g/mol. The van der Waals surface area contributed by atoms with Crippen LogP contribution >= 0.6 is 12.6 Å². The van der Waals surface area contributed by atoms with Gasteiger partial charge in [0.2, 0.25) is 5.82 Å². The molecular weight excluding hydrogens is 172 g/mol. The fraction of sp³-hybridized carbons (Fsp3) is 0.250. The maximum Gasteiger partial charge on any atom is 0.205 e. The molecule has 0 fully saturated rings. The topological polar surface area (TPSA) is 46.0 Å². The van der Waals surface area contributed by atoms with Gasteiger partial charge in [-0.05, 0) is 5.92 Å². The van der Waals surface area contributed by atoms with Crippen LogP contribution in [-0.2, 0) is 0 Å². The smallest absolute Gasteiger partial charge is 0.205 e. The molecule has 0 aliphatic heterocycles. The van der Waals surface area contributed by atoms with Crippen LogP contribution in [0.5, 0.6) is 5.75 Å². The summed E-state index contributed by atoms with van der Waals surface area (Å²) in [5, 5.41) is 8.84. The van der Waals surface area contributed by atoms with Crippen LogP contribution in [0.4, 0.5) is 0 Å². The molecular formula is C8H8N2OS. The van der Waals surface area contributed by atoms with E-state index < -0.39 is 0 Å². The molecule has 0 amide bonds. The minimum Gasteiger partial charge on any atom is -0.505 e. The summed E-state index contributed by atoms with van der Waals surface area (Å²) in [5.41, 5.74) is 0. The van der Waals surface area contributed by atoms with Crippen LogP contribution in [0.15, 0.2) is 12.4 Å². The predicted octanol–water partition coefficient (Wildman–Crippen LogP) is 0.854. The molecule has 1 N–H and O–H groups in total. The average molecular weight is 180 g/mol. The van der Waals surface area contributed by atoms with Crippen LogP contribution in [0.2, 0.25) is 0 Å². The van der Waals surface area contributed by atoms with Gasteiger partial charge in [0.05, 0.1) is 12.4 Å². The van der Waals surface area contributed by atoms with Crippen molar-refractivity contribution in [3.05, 3.63) is 18.2 Å². The lowest BCUT2D eigenvalue weighted by molar-refractivity contribution is 0.469. The third-order valence-corrected chi connectivity index (χ3v) is 1.30. The molecule has 12 heavy (non-hydrogen) atoms. The Balaban J connectivity index is 2.66. The van der Waals surface area contributed by atoms with Gasteiger partial charge in [-0.3, -0.25) is 0 Å². The average Bonchev–Trinajstić information content (AvgIpc) is 2.09. The second-order valence-corrected chi connectivity index (χ2v) is 2.49. The summed E-state index contributed by atoms with van der Waals surface area (Å²) < 4.78 is 0. The van der Waals surface area contributed by atoms with Crippen molar-refractivity contribution in [3.63, 3.8) is 0 Å². The first-order valence-electron chi connectivity index (χ1n) is 3.43. The highest BCUT2D eigenvalue weighted by atomic mass is 32.1. The third kappa shape index (κ3) is 2.81. The van der Waals surface area contributed by atoms with Crippen molar-refractivity contribution in [2.24, 2.45) is 0 Å². The van der Waals surface area contributed by atoms with Crippen molar-refractivity contribution < 1.29 is 5.11 Å². The first-order chi connectivity index (χ1) is 5.83. The van der Waals surface area contributed by atoms with Gasteiger partial charge in [-0.25, -0.2) is 9.97 Å². The molecule has 0 aromatic carbocycles. The van der Waals surface area contributed by atoms with E-state index >= 15 is 0 Å². The standard InChI is InChI=1S/C8H8N2OS/c11-7-5-9-8(10-6-7)3-1-2-4-12/h5-6,11-12H,2,4H2. The number of nitrogens with zero attached hydrogens (tertiary/aromatic N) is 2. The van der Waals surface area contributed by atoms with E-state index in [1.165, 1.54) is 12.4 Å². The van der Waals surface area contributed by atoms with Gasteiger partial charge >= 0.3 is 0 Å². The first-order valence-corrected chi connectivity index (χ1v) is 4.07. The van der Waals surface area contributed by atoms with E-state index in [2.05, 4.69) is 34.4 Å². The molecule has 0 atom stereocenters. The Morgan fingerprint density at radius 3 is 2.67 bits per heavy atom. The molecule has 1 rings (SSSR count). The quantitative estimate of drug-likeness (QED) is 0.497. The van der Waals surface area contributed by atoms with E-state index in [1.54, 1.807) is 0 Å². The fourth-order valence-corrected chi connectivity index (χ4v) is 0.695. The normalized spacial score (nSPS) is 8.75. The van der Waals surface area contributed by atoms with E-state index in [4.69, 9.17) is 5.11 Å². The van der Waals surface area contributed by atoms with Gasteiger partial charge in [-0.1, -0.05) is 5.92 Å². The summed E-state index contributed by atoms with van der Waals surface area (Å²) in [4.78, 5) is 7.58. The first kappa shape index (κ1) is 8.88. The molecule has 1 aromatic rings. The Hall–Kier alpha value is -1.21. The second-order valence-electron chi connectivity index (χ2n) is 2.04. The summed E-state index contributed by atoms with van der Waals surface area (Å²) in [7, 11) is 0. The number of hydrogen-bond donors (Lipinski definition) is 2. The van der Waals surface area contributed by atoms with Gasteiger partial charge in [-0.15, -0.1) is 0 Å². The number of hydrogen-bond acceptors (Lipinski definition) is 4. The van der Waals surface area contributed by atoms with Crippen LogP contribution in [0.25, 0.3) is 0 Å². The van der Waals surface area contributed by atoms with Crippen LogP contribution in [0.1, 0.15) is 12.2 Å². The molecule has 0 saturated heterocycles. The van der Waals surface area contributed by atoms with Crippen LogP contribution in [-0.4, -0.2) is 20.8 Å². The Kier molecular flexibility index (Phi) is 3.42. The molecule has 0 aliphatic rings. The minimum atomic E-state index is 0.0507. The molecule has 0 spiro atoms. The van der Waals surface area contributed by atoms with E-state index in [1.807, 2.05) is 0 Å². The van der Waals surface area contributed by atoms with Crippen LogP contribution in [0, 0.1) is 11.8 Å². The maximum absolute atomic E-state index is 8.84. The van der Waals surface area contributed by atoms with Gasteiger partial charge in [0.15, 0.2) is 5.75 Å². The lowest BCUT2D eigenvalue weighted by Crippen LogP contribution is -1.85. The molecule has 1 heterocycles. The van der Waals surface area contributed by atoms with Gasteiger partial charge in [0, 0.05) is 12.2 Å². The van der Waals surface area contributed by atoms with E-state index in [0.717, 1.165) is 5.75 Å². The summed E-state index contributed by atoms with van der Waals surface area (Å²) in [6.45, 7) is 0. The predicted molar refractivity (Wildman–Crippen MR) is 49.0 cm³/mol. The van der Waals surface area contributed by atoms with E-state index in [9.17, 15) is 0 Å². The Morgan fingerprint density at radius 1 is 1.42 bits per heavy atom. The van der Waals surface area contributed by atoms with E-state index in [0.29, 0.717) is 12.2 Å². The molecule has 0 bridgehead atoms. The van der Waals surface area contributed by atoms with Gasteiger partial charge in [0.25, 0.3) is 0 Å². The SMILES string of the molecule is Oc1cnc(C#CCCS)nc1. The van der Waals surface area contributed by atoms with Crippen LogP contribution < -0.4 is 0 Å². The summed E-state index contributed by atoms with van der Waals surface area (Å²) in [6, 6.07) is 0. The Bertz CT molecular complexity index is 299. The van der Waals surface area contributed by atoms with Gasteiger partial charge < -0.3 is 5.11 Å². The molecule has 3 nitrogen and oxygen atoms in total. The fourth-order valence-electron chi connectivity index (χ4n) is 0.583. The number of thiol groups is 1. The molecule has 1 aromatic heterocycles. The van der Waals surface area contributed by atoms with Crippen molar-refractivity contribution in [2.75, 3.05) is 5.75 Å². The van der Waals surface area contributed by atoms with Crippen molar-refractivity contribution in [1.82, 2.24) is 9.97 Å². The number of aromatic nitrogens is 2. The highest BCUT2D eigenvalue weighted by molar-refractivity contribution is 7.80. The molecule has 0 aliphatic carbocycles. The van der Waals surface area contributed by atoms with Gasteiger partial charge in [0.1, 0.15) is 0 Å². The highest BCUT2D eigenvalue weighted by Gasteiger charge is 1.89. The highest BCUT2D eigenvalue weighted by Crippen LogP contribution is 2.00. The maximum atomic E-state index is 8.84. The third-order valence-electron chi connectivity index (χ3n) is 1.08. The molecule has 0 saturated carbocycles. The van der Waals surface area contributed by atoms with Crippen molar-refractivity contribution in [3.8, 4) is 17.6 Å². The van der Waals surface area contributed by atoms with Crippen molar-refractivity contribution in [2.45, 2.75) is 6.42 Å². The van der Waals surface area contributed by atoms with Crippen molar-refractivity contribution >= 4 is 12.6 Å². The summed E-state index contributed by atoms with van der Waals surface area (Å²) in [5.74, 6) is 6.78. The minimum absolute atomic E-state index is 0.0507. The van der Waals surface area contributed by atoms with E-state index in [-0.39, 0.29) is 5.75 Å². The lowest BCUT2D eigenvalue weighted by Gasteiger charge is -1.88. The second kappa shape index (κ2) is 4.62. The zero-order chi connectivity index (χ0) is 8.81. The number of rotatable bonds is 1. The van der Waals surface area contributed by atoms with Gasteiger partial charge in [-0.2, -0.15) is 12.6 Å². The molecule has 0 radical (unpaired) electrons. The molecule has 62 valence electrons.